The molecule has 2 unspecified atom stereocenters. The van der Waals surface area contributed by atoms with Crippen molar-refractivity contribution in [2.45, 2.75) is 42.7 Å². The number of rotatable bonds is 3. The number of amides is 1. The Labute approximate surface area is 162 Å². The van der Waals surface area contributed by atoms with Crippen LogP contribution >= 0.6 is 23.5 Å². The van der Waals surface area contributed by atoms with Crippen molar-refractivity contribution < 1.29 is 4.79 Å². The van der Waals surface area contributed by atoms with Crippen LogP contribution in [0.3, 0.4) is 0 Å². The summed E-state index contributed by atoms with van der Waals surface area (Å²) in [5.74, 6) is 5.15. The lowest BCUT2D eigenvalue weighted by atomic mass is 9.67. The summed E-state index contributed by atoms with van der Waals surface area (Å²) in [6.45, 7) is 0.449. The van der Waals surface area contributed by atoms with Gasteiger partial charge < -0.3 is 5.32 Å². The smallest absolute Gasteiger partial charge is 0.223 e. The first-order chi connectivity index (χ1) is 12.8. The number of pyridine rings is 1. The van der Waals surface area contributed by atoms with Crippen LogP contribution in [0.2, 0.25) is 0 Å². The molecule has 1 amide bonds. The average molecular weight is 389 g/mol. The van der Waals surface area contributed by atoms with Crippen LogP contribution in [0.1, 0.15) is 37.9 Å². The molecule has 2 aromatic heterocycles. The Morgan fingerprint density at radius 2 is 1.96 bits per heavy atom. The van der Waals surface area contributed by atoms with Gasteiger partial charge >= 0.3 is 0 Å². The van der Waals surface area contributed by atoms with E-state index in [2.05, 4.69) is 39.0 Å². The minimum atomic E-state index is 0.164. The van der Waals surface area contributed by atoms with Gasteiger partial charge in [0.2, 0.25) is 5.91 Å². The van der Waals surface area contributed by atoms with Crippen LogP contribution in [0.4, 0.5) is 0 Å². The third kappa shape index (κ3) is 2.74. The maximum Gasteiger partial charge on any atom is 0.223 e. The highest BCUT2D eigenvalue weighted by Gasteiger charge is 2.55. The molecule has 3 heterocycles. The molecule has 2 bridgehead atoms. The van der Waals surface area contributed by atoms with Crippen molar-refractivity contribution in [2.24, 2.45) is 17.8 Å². The van der Waals surface area contributed by atoms with E-state index in [1.807, 2.05) is 28.8 Å². The van der Waals surface area contributed by atoms with Crippen molar-refractivity contribution in [3.05, 3.63) is 30.2 Å². The second-order valence-electron chi connectivity index (χ2n) is 7.67. The highest BCUT2D eigenvalue weighted by Crippen LogP contribution is 2.64. The number of nitrogens with zero attached hydrogens (tertiary/aromatic N) is 3. The molecule has 1 saturated heterocycles. The number of hydrogen-bond acceptors (Lipinski definition) is 5. The fourth-order valence-electron chi connectivity index (χ4n) is 5.15. The van der Waals surface area contributed by atoms with E-state index >= 15 is 0 Å². The zero-order valence-electron chi connectivity index (χ0n) is 14.8. The Balaban J connectivity index is 1.27. The molecule has 2 aromatic rings. The molecule has 26 heavy (non-hydrogen) atoms. The van der Waals surface area contributed by atoms with Crippen LogP contribution in [-0.4, -0.2) is 36.1 Å². The normalized spacial score (nSPS) is 29.9. The molecule has 2 saturated carbocycles. The average Bonchev–Trinajstić information content (AvgIpc) is 3.27. The number of hydrogen-bond donors (Lipinski definition) is 1. The molecule has 3 aliphatic rings. The fraction of sp³-hybridized carbons (Fsp3) is 0.632. The van der Waals surface area contributed by atoms with E-state index in [1.165, 1.54) is 30.8 Å². The first-order valence-electron chi connectivity index (χ1n) is 9.60. The zero-order valence-corrected chi connectivity index (χ0v) is 16.4. The van der Waals surface area contributed by atoms with Crippen molar-refractivity contribution in [2.75, 3.05) is 11.5 Å². The van der Waals surface area contributed by atoms with Crippen molar-refractivity contribution in [1.82, 2.24) is 19.9 Å². The van der Waals surface area contributed by atoms with E-state index in [9.17, 15) is 4.79 Å². The molecule has 0 radical (unpaired) electrons. The molecule has 7 heteroatoms. The van der Waals surface area contributed by atoms with Crippen LogP contribution in [-0.2, 0) is 11.3 Å². The van der Waals surface area contributed by atoms with E-state index in [0.717, 1.165) is 24.3 Å². The van der Waals surface area contributed by atoms with Gasteiger partial charge in [-0.05, 0) is 49.7 Å². The molecule has 0 aromatic carbocycles. The van der Waals surface area contributed by atoms with E-state index in [-0.39, 0.29) is 11.8 Å². The van der Waals surface area contributed by atoms with Gasteiger partial charge in [-0.1, -0.05) is 12.5 Å². The van der Waals surface area contributed by atoms with Gasteiger partial charge in [-0.25, -0.2) is 0 Å². The Kier molecular flexibility index (Phi) is 4.39. The van der Waals surface area contributed by atoms with Crippen LogP contribution < -0.4 is 5.32 Å². The standard InChI is InChI=1S/C19H24N4OS2/c24-18(20-12-17-22-21-16-6-1-2-7-23(16)17)13-10-14-4-3-5-15(11-13)19(14)25-8-9-26-19/h1-2,6-7,13-15H,3-5,8-12H2,(H,20,24). The van der Waals surface area contributed by atoms with Crippen LogP contribution in [0, 0.1) is 17.8 Å². The number of carbonyl (C=O) groups is 1. The van der Waals surface area contributed by atoms with Gasteiger partial charge in [0.25, 0.3) is 0 Å². The number of nitrogens with one attached hydrogen (secondary N) is 1. The van der Waals surface area contributed by atoms with E-state index < -0.39 is 0 Å². The molecule has 5 rings (SSSR count). The van der Waals surface area contributed by atoms with Crippen molar-refractivity contribution in [3.63, 3.8) is 0 Å². The fourth-order valence-corrected chi connectivity index (χ4v) is 9.08. The number of thioether (sulfide) groups is 2. The second kappa shape index (κ2) is 6.75. The molecule has 1 aliphatic heterocycles. The summed E-state index contributed by atoms with van der Waals surface area (Å²) in [7, 11) is 0. The molecule has 138 valence electrons. The second-order valence-corrected chi connectivity index (χ2v) is 10.7. The maximum absolute atomic E-state index is 12.9. The van der Waals surface area contributed by atoms with Crippen LogP contribution in [0.5, 0.6) is 0 Å². The minimum absolute atomic E-state index is 0.164. The topological polar surface area (TPSA) is 59.3 Å². The van der Waals surface area contributed by atoms with E-state index in [0.29, 0.717) is 22.5 Å². The summed E-state index contributed by atoms with van der Waals surface area (Å²) in [4.78, 5) is 12.9. The number of carbonyl (C=O) groups excluding carboxylic acids is 1. The monoisotopic (exact) mass is 388 g/mol. The summed E-state index contributed by atoms with van der Waals surface area (Å²) < 4.78 is 2.37. The predicted molar refractivity (Wildman–Crippen MR) is 106 cm³/mol. The maximum atomic E-state index is 12.9. The number of fused-ring (bicyclic) bond motifs is 1. The van der Waals surface area contributed by atoms with Gasteiger partial charge in [-0.15, -0.1) is 33.7 Å². The first-order valence-corrected chi connectivity index (χ1v) is 11.6. The highest BCUT2D eigenvalue weighted by molar-refractivity contribution is 8.21. The molecule has 2 atom stereocenters. The van der Waals surface area contributed by atoms with Crippen LogP contribution in [0.15, 0.2) is 24.4 Å². The zero-order chi connectivity index (χ0) is 17.6. The SMILES string of the molecule is O=C(NCc1nnc2ccccn12)C1CC2CCCC(C1)C21SCCS1. The molecule has 2 aliphatic carbocycles. The predicted octanol–water partition coefficient (Wildman–Crippen LogP) is 3.35. The third-order valence-corrected chi connectivity index (χ3v) is 10.3. The van der Waals surface area contributed by atoms with Gasteiger partial charge in [0.15, 0.2) is 11.5 Å². The summed E-state index contributed by atoms with van der Waals surface area (Å²) in [5.41, 5.74) is 0.821. The Bertz CT molecular complexity index is 801. The van der Waals surface area contributed by atoms with Crippen molar-refractivity contribution >= 4 is 35.1 Å². The largest absolute Gasteiger partial charge is 0.349 e. The van der Waals surface area contributed by atoms with Gasteiger partial charge in [-0.2, -0.15) is 0 Å². The van der Waals surface area contributed by atoms with Gasteiger partial charge in [-0.3, -0.25) is 9.20 Å². The highest BCUT2D eigenvalue weighted by atomic mass is 32.2. The molecule has 1 N–H and O–H groups in total. The van der Waals surface area contributed by atoms with Gasteiger partial charge in [0.1, 0.15) is 0 Å². The molecule has 3 fully saturated rings. The molecule has 1 spiro atoms. The molecular formula is C19H24N4OS2. The first kappa shape index (κ1) is 16.9. The van der Waals surface area contributed by atoms with Crippen molar-refractivity contribution in [3.8, 4) is 0 Å². The van der Waals surface area contributed by atoms with E-state index in [4.69, 9.17) is 0 Å². The quantitative estimate of drug-likeness (QED) is 0.874. The summed E-state index contributed by atoms with van der Waals surface area (Å²) in [6.07, 6.45) is 8.01. The van der Waals surface area contributed by atoms with Crippen molar-refractivity contribution in [1.29, 1.82) is 0 Å². The Morgan fingerprint density at radius 3 is 2.73 bits per heavy atom. The summed E-state index contributed by atoms with van der Waals surface area (Å²) >= 11 is 4.39. The van der Waals surface area contributed by atoms with Gasteiger partial charge in [0.05, 0.1) is 10.6 Å². The lowest BCUT2D eigenvalue weighted by molar-refractivity contribution is -0.127. The number of aromatic nitrogens is 3. The summed E-state index contributed by atoms with van der Waals surface area (Å²) in [6, 6.07) is 5.83. The van der Waals surface area contributed by atoms with Gasteiger partial charge in [0, 0.05) is 23.6 Å². The van der Waals surface area contributed by atoms with E-state index in [1.54, 1.807) is 0 Å². The molecule has 5 nitrogen and oxygen atoms in total. The lowest BCUT2D eigenvalue weighted by Crippen LogP contribution is -2.49. The minimum Gasteiger partial charge on any atom is -0.349 e. The third-order valence-electron chi connectivity index (χ3n) is 6.30. The lowest BCUT2D eigenvalue weighted by Gasteiger charge is -2.52. The Hall–Kier alpha value is -1.21. The summed E-state index contributed by atoms with van der Waals surface area (Å²) in [5, 5.41) is 11.5. The Morgan fingerprint density at radius 1 is 1.19 bits per heavy atom. The van der Waals surface area contributed by atoms with Crippen LogP contribution in [0.25, 0.3) is 5.65 Å². The molecular weight excluding hydrogens is 364 g/mol.